The van der Waals surface area contributed by atoms with Crippen LogP contribution in [0.4, 0.5) is 0 Å². The average molecular weight is 416 g/mol. The summed E-state index contributed by atoms with van der Waals surface area (Å²) in [6.45, 7) is 0.851. The number of nitrogens with zero attached hydrogens (tertiary/aromatic N) is 6. The normalized spacial score (nSPS) is 13.9. The quantitative estimate of drug-likeness (QED) is 0.504. The Balaban J connectivity index is 1.34. The van der Waals surface area contributed by atoms with Crippen molar-refractivity contribution in [1.29, 1.82) is 0 Å². The van der Waals surface area contributed by atoms with E-state index in [1.165, 1.54) is 10.7 Å². The molecule has 1 amide bonds. The van der Waals surface area contributed by atoms with E-state index in [2.05, 4.69) is 15.2 Å². The maximum absolute atomic E-state index is 12.9. The number of rotatable bonds is 4. The van der Waals surface area contributed by atoms with Crippen LogP contribution in [0.2, 0.25) is 0 Å². The number of carbonyl (C=O) groups excluding carboxylic acids is 1. The smallest absolute Gasteiger partial charge is 0.267 e. The molecule has 31 heavy (non-hydrogen) atoms. The number of likely N-dealkylation sites (tertiary alicyclic amines) is 1. The van der Waals surface area contributed by atoms with E-state index in [-0.39, 0.29) is 17.5 Å². The van der Waals surface area contributed by atoms with Crippen LogP contribution < -0.4 is 10.3 Å². The lowest BCUT2D eigenvalue weighted by Gasteiger charge is -2.39. The summed E-state index contributed by atoms with van der Waals surface area (Å²) in [5.41, 5.74) is 2.65. The second-order valence-corrected chi connectivity index (χ2v) is 7.47. The summed E-state index contributed by atoms with van der Waals surface area (Å²) >= 11 is 0. The molecule has 0 unspecified atom stereocenters. The van der Waals surface area contributed by atoms with Crippen molar-refractivity contribution in [2.24, 2.45) is 7.05 Å². The molecule has 3 aromatic heterocycles. The molecule has 0 aliphatic carbocycles. The molecule has 156 valence electrons. The van der Waals surface area contributed by atoms with E-state index in [0.29, 0.717) is 35.7 Å². The molecule has 0 radical (unpaired) electrons. The zero-order chi connectivity index (χ0) is 21.5. The van der Waals surface area contributed by atoms with Gasteiger partial charge in [-0.2, -0.15) is 10.2 Å². The number of carbonyl (C=O) groups is 1. The van der Waals surface area contributed by atoms with Crippen molar-refractivity contribution in [3.63, 3.8) is 0 Å². The van der Waals surface area contributed by atoms with Gasteiger partial charge in [0.1, 0.15) is 0 Å². The fraction of sp³-hybridized carbons (Fsp3) is 0.227. The van der Waals surface area contributed by atoms with E-state index >= 15 is 0 Å². The van der Waals surface area contributed by atoms with Crippen LogP contribution in [0.1, 0.15) is 16.4 Å². The summed E-state index contributed by atoms with van der Waals surface area (Å²) in [4.78, 5) is 31.0. The van der Waals surface area contributed by atoms with Gasteiger partial charge in [0, 0.05) is 49.7 Å². The van der Waals surface area contributed by atoms with Gasteiger partial charge < -0.3 is 9.64 Å². The van der Waals surface area contributed by atoms with E-state index in [1.807, 2.05) is 18.2 Å². The maximum atomic E-state index is 12.9. The fourth-order valence-electron chi connectivity index (χ4n) is 3.87. The van der Waals surface area contributed by atoms with E-state index in [4.69, 9.17) is 4.74 Å². The minimum Gasteiger partial charge on any atom is -0.481 e. The second-order valence-electron chi connectivity index (χ2n) is 7.47. The lowest BCUT2D eigenvalue weighted by atomic mass is 10.1. The maximum Gasteiger partial charge on any atom is 0.267 e. The van der Waals surface area contributed by atoms with Crippen molar-refractivity contribution in [1.82, 2.24) is 29.4 Å². The van der Waals surface area contributed by atoms with Gasteiger partial charge in [-0.25, -0.2) is 9.36 Å². The molecule has 0 bridgehead atoms. The van der Waals surface area contributed by atoms with E-state index in [9.17, 15) is 9.59 Å². The molecule has 9 heteroatoms. The molecule has 5 rings (SSSR count). The van der Waals surface area contributed by atoms with Gasteiger partial charge in [-0.15, -0.1) is 0 Å². The third kappa shape index (κ3) is 3.24. The topological polar surface area (TPSA) is 95.1 Å². The minimum atomic E-state index is -0.183. The molecule has 0 saturated carbocycles. The van der Waals surface area contributed by atoms with Gasteiger partial charge in [-0.05, 0) is 36.4 Å². The molecule has 0 spiro atoms. The Morgan fingerprint density at radius 2 is 1.84 bits per heavy atom. The van der Waals surface area contributed by atoms with Crippen LogP contribution in [0.3, 0.4) is 0 Å². The molecule has 1 fully saturated rings. The summed E-state index contributed by atoms with van der Waals surface area (Å²) in [5, 5.41) is 9.76. The largest absolute Gasteiger partial charge is 0.481 e. The van der Waals surface area contributed by atoms with E-state index in [1.54, 1.807) is 54.3 Å². The number of pyridine rings is 1. The molecule has 0 atom stereocenters. The Morgan fingerprint density at radius 3 is 2.58 bits per heavy atom. The van der Waals surface area contributed by atoms with Crippen molar-refractivity contribution in [2.45, 2.75) is 6.04 Å². The van der Waals surface area contributed by atoms with Gasteiger partial charge in [0.2, 0.25) is 5.88 Å². The summed E-state index contributed by atoms with van der Waals surface area (Å²) < 4.78 is 8.47. The number of hydrogen-bond acceptors (Lipinski definition) is 6. The van der Waals surface area contributed by atoms with Gasteiger partial charge >= 0.3 is 0 Å². The van der Waals surface area contributed by atoms with Gasteiger partial charge in [0.05, 0.1) is 29.7 Å². The number of aromatic nitrogens is 5. The second kappa shape index (κ2) is 7.35. The summed E-state index contributed by atoms with van der Waals surface area (Å²) in [5.74, 6) is 0.554. The third-order valence-electron chi connectivity index (χ3n) is 5.52. The number of methoxy groups -OCH3 is 1. The first-order valence-electron chi connectivity index (χ1n) is 9.85. The molecular weight excluding hydrogens is 396 g/mol. The Morgan fingerprint density at radius 1 is 1.06 bits per heavy atom. The summed E-state index contributed by atoms with van der Waals surface area (Å²) in [6, 6.07) is 12.1. The molecular formula is C22H20N6O3. The van der Waals surface area contributed by atoms with Crippen molar-refractivity contribution >= 4 is 16.8 Å². The van der Waals surface area contributed by atoms with Crippen molar-refractivity contribution in [3.05, 3.63) is 70.8 Å². The van der Waals surface area contributed by atoms with Crippen molar-refractivity contribution < 1.29 is 9.53 Å². The highest BCUT2D eigenvalue weighted by Crippen LogP contribution is 2.28. The zero-order valence-corrected chi connectivity index (χ0v) is 17.1. The Labute approximate surface area is 177 Å². The fourth-order valence-corrected chi connectivity index (χ4v) is 3.87. The number of fused-ring (bicyclic) bond motifs is 1. The van der Waals surface area contributed by atoms with Gasteiger partial charge in [-0.3, -0.25) is 14.6 Å². The Bertz CT molecular complexity index is 1340. The predicted octanol–water partition coefficient (Wildman–Crippen LogP) is 1.90. The first-order valence-corrected chi connectivity index (χ1v) is 9.85. The van der Waals surface area contributed by atoms with Crippen LogP contribution in [-0.4, -0.2) is 55.6 Å². The van der Waals surface area contributed by atoms with Crippen LogP contribution in [0.25, 0.3) is 22.2 Å². The van der Waals surface area contributed by atoms with Gasteiger partial charge in [0.25, 0.3) is 11.5 Å². The molecule has 0 N–H and O–H groups in total. The van der Waals surface area contributed by atoms with Crippen molar-refractivity contribution in [2.75, 3.05) is 20.2 Å². The highest BCUT2D eigenvalue weighted by molar-refractivity contribution is 5.99. The lowest BCUT2D eigenvalue weighted by Crippen LogP contribution is -2.53. The Hall–Kier alpha value is -4.01. The lowest BCUT2D eigenvalue weighted by molar-refractivity contribution is 0.0493. The molecule has 4 heterocycles. The number of ether oxygens (including phenoxy) is 1. The number of aryl methyl sites for hydroxylation is 1. The monoisotopic (exact) mass is 416 g/mol. The van der Waals surface area contributed by atoms with Crippen molar-refractivity contribution in [3.8, 4) is 17.1 Å². The van der Waals surface area contributed by atoms with Crippen LogP contribution >= 0.6 is 0 Å². The zero-order valence-electron chi connectivity index (χ0n) is 17.1. The van der Waals surface area contributed by atoms with Gasteiger partial charge in [-0.1, -0.05) is 0 Å². The molecule has 1 aliphatic heterocycles. The predicted molar refractivity (Wildman–Crippen MR) is 114 cm³/mol. The highest BCUT2D eigenvalue weighted by Gasteiger charge is 2.34. The first-order chi connectivity index (χ1) is 15.0. The van der Waals surface area contributed by atoms with Crippen LogP contribution in [0.15, 0.2) is 59.7 Å². The van der Waals surface area contributed by atoms with Gasteiger partial charge in [0.15, 0.2) is 0 Å². The van der Waals surface area contributed by atoms with E-state index < -0.39 is 0 Å². The van der Waals surface area contributed by atoms with Crippen LogP contribution in [-0.2, 0) is 7.05 Å². The van der Waals surface area contributed by atoms with Crippen LogP contribution in [0.5, 0.6) is 5.88 Å². The van der Waals surface area contributed by atoms with E-state index in [0.717, 1.165) is 10.9 Å². The molecule has 1 aromatic carbocycles. The van der Waals surface area contributed by atoms with Crippen LogP contribution in [0, 0.1) is 0 Å². The number of amides is 1. The first kappa shape index (κ1) is 19.0. The molecule has 4 aromatic rings. The highest BCUT2D eigenvalue weighted by atomic mass is 16.5. The average Bonchev–Trinajstić information content (AvgIpc) is 3.08. The number of hydrogen-bond donors (Lipinski definition) is 0. The summed E-state index contributed by atoms with van der Waals surface area (Å²) in [7, 11) is 3.39. The number of benzene rings is 1. The molecule has 1 aliphatic rings. The third-order valence-corrected chi connectivity index (χ3v) is 5.52. The standard InChI is InChI=1S/C22H20N6O3/c1-26-22(31-2)17-4-3-15(11-19(17)24-26)21(30)27-12-16(13-27)28-20(29)6-5-18(25-28)14-7-9-23-10-8-14/h3-11,16H,12-13H2,1-2H3. The molecule has 9 nitrogen and oxygen atoms in total. The SMILES string of the molecule is COc1c2ccc(C(=O)N3CC(n4nc(-c5ccncc5)ccc4=O)C3)cc2nn1C. The molecule has 1 saturated heterocycles. The summed E-state index contributed by atoms with van der Waals surface area (Å²) in [6.07, 6.45) is 3.37. The Kier molecular flexibility index (Phi) is 4.50. The minimum absolute atomic E-state index is 0.0962.